The zero-order valence-electron chi connectivity index (χ0n) is 6.59. The quantitative estimate of drug-likeness (QED) is 0.568. The monoisotopic (exact) mass is 183 g/mol. The molecule has 0 amide bonds. The van der Waals surface area contributed by atoms with Crippen LogP contribution in [0.25, 0.3) is 0 Å². The Morgan fingerprint density at radius 3 is 2.58 bits per heavy atom. The highest BCUT2D eigenvalue weighted by Crippen LogP contribution is 2.08. The minimum absolute atomic E-state index is 0.391. The maximum atomic E-state index is 9.97. The van der Waals surface area contributed by atoms with Gasteiger partial charge in [-0.2, -0.15) is 0 Å². The van der Waals surface area contributed by atoms with Crippen LogP contribution in [0.2, 0.25) is 5.02 Å². The van der Waals surface area contributed by atoms with Gasteiger partial charge in [0.05, 0.1) is 6.54 Å². The number of nitrogens with one attached hydrogen (secondary N) is 1. The first-order valence-corrected chi connectivity index (χ1v) is 4.09. The third-order valence-corrected chi connectivity index (χ3v) is 1.72. The Balaban J connectivity index is 2.42. The molecule has 12 heavy (non-hydrogen) atoms. The maximum absolute atomic E-state index is 9.97. The van der Waals surface area contributed by atoms with Crippen molar-refractivity contribution >= 4 is 17.9 Å². The van der Waals surface area contributed by atoms with Crippen LogP contribution in [0, 0.1) is 0 Å². The third kappa shape index (κ3) is 3.03. The lowest BCUT2D eigenvalue weighted by molar-refractivity contribution is -0.107. The second-order valence-corrected chi connectivity index (χ2v) is 2.86. The van der Waals surface area contributed by atoms with Gasteiger partial charge in [0.1, 0.15) is 6.29 Å². The van der Waals surface area contributed by atoms with Crippen LogP contribution >= 0.6 is 11.6 Å². The molecule has 0 bridgehead atoms. The van der Waals surface area contributed by atoms with E-state index in [-0.39, 0.29) is 0 Å². The molecule has 1 aromatic rings. The van der Waals surface area contributed by atoms with Crippen molar-refractivity contribution in [1.29, 1.82) is 0 Å². The number of hydrogen-bond acceptors (Lipinski definition) is 2. The molecule has 0 radical (unpaired) electrons. The summed E-state index contributed by atoms with van der Waals surface area (Å²) in [5, 5.41) is 3.69. The number of benzene rings is 1. The van der Waals surface area contributed by atoms with Crippen LogP contribution in [0.4, 0.5) is 0 Å². The summed E-state index contributed by atoms with van der Waals surface area (Å²) in [6, 6.07) is 7.53. The maximum Gasteiger partial charge on any atom is 0.133 e. The Bertz CT molecular complexity index is 245. The summed E-state index contributed by atoms with van der Waals surface area (Å²) in [6.07, 6.45) is 0.843. The second-order valence-electron chi connectivity index (χ2n) is 2.42. The van der Waals surface area contributed by atoms with Gasteiger partial charge in [-0.15, -0.1) is 0 Å². The predicted octanol–water partition coefficient (Wildman–Crippen LogP) is 1.63. The molecule has 0 aliphatic heterocycles. The van der Waals surface area contributed by atoms with E-state index >= 15 is 0 Å². The van der Waals surface area contributed by atoms with E-state index in [1.54, 1.807) is 0 Å². The Labute approximate surface area is 76.5 Å². The lowest BCUT2D eigenvalue weighted by atomic mass is 10.2. The number of aldehydes is 1. The fraction of sp³-hybridized carbons (Fsp3) is 0.222. The zero-order chi connectivity index (χ0) is 8.81. The molecule has 0 spiro atoms. The zero-order valence-corrected chi connectivity index (χ0v) is 7.34. The van der Waals surface area contributed by atoms with Crippen molar-refractivity contribution in [2.75, 3.05) is 6.54 Å². The summed E-state index contributed by atoms with van der Waals surface area (Å²) >= 11 is 5.70. The molecule has 0 aliphatic rings. The van der Waals surface area contributed by atoms with Gasteiger partial charge in [0.25, 0.3) is 0 Å². The van der Waals surface area contributed by atoms with Crippen molar-refractivity contribution in [3.63, 3.8) is 0 Å². The molecule has 1 rings (SSSR count). The van der Waals surface area contributed by atoms with E-state index < -0.39 is 0 Å². The van der Waals surface area contributed by atoms with Crippen LogP contribution in [-0.2, 0) is 11.3 Å². The summed E-state index contributed by atoms with van der Waals surface area (Å²) in [5.41, 5.74) is 1.13. The van der Waals surface area contributed by atoms with Gasteiger partial charge >= 0.3 is 0 Å². The molecule has 1 aromatic carbocycles. The van der Waals surface area contributed by atoms with Crippen LogP contribution in [0.5, 0.6) is 0 Å². The van der Waals surface area contributed by atoms with Gasteiger partial charge in [-0.25, -0.2) is 0 Å². The Hall–Kier alpha value is -0.860. The lowest BCUT2D eigenvalue weighted by Crippen LogP contribution is -2.15. The number of rotatable bonds is 4. The Morgan fingerprint density at radius 2 is 2.00 bits per heavy atom. The Kier molecular flexibility index (Phi) is 3.77. The number of carbonyl (C=O) groups is 1. The second kappa shape index (κ2) is 4.91. The lowest BCUT2D eigenvalue weighted by Gasteiger charge is -2.00. The Morgan fingerprint density at radius 1 is 1.33 bits per heavy atom. The van der Waals surface area contributed by atoms with E-state index in [0.717, 1.165) is 16.9 Å². The van der Waals surface area contributed by atoms with Crippen LogP contribution in [0.1, 0.15) is 5.56 Å². The molecular formula is C9H10ClNO. The number of hydrogen-bond donors (Lipinski definition) is 1. The van der Waals surface area contributed by atoms with E-state index in [0.29, 0.717) is 13.1 Å². The molecule has 0 saturated heterocycles. The number of carbonyl (C=O) groups excluding carboxylic acids is 1. The van der Waals surface area contributed by atoms with Crippen LogP contribution < -0.4 is 5.32 Å². The summed E-state index contributed by atoms with van der Waals surface area (Å²) in [7, 11) is 0. The van der Waals surface area contributed by atoms with E-state index in [1.807, 2.05) is 24.3 Å². The largest absolute Gasteiger partial charge is 0.306 e. The van der Waals surface area contributed by atoms with E-state index in [1.165, 1.54) is 0 Å². The van der Waals surface area contributed by atoms with E-state index in [9.17, 15) is 4.79 Å². The van der Waals surface area contributed by atoms with Crippen LogP contribution in [0.3, 0.4) is 0 Å². The van der Waals surface area contributed by atoms with Gasteiger partial charge in [0.15, 0.2) is 0 Å². The molecule has 0 fully saturated rings. The van der Waals surface area contributed by atoms with Crippen molar-refractivity contribution < 1.29 is 4.79 Å². The van der Waals surface area contributed by atoms with Gasteiger partial charge in [-0.3, -0.25) is 0 Å². The van der Waals surface area contributed by atoms with Crippen molar-refractivity contribution in [2.45, 2.75) is 6.54 Å². The van der Waals surface area contributed by atoms with Gasteiger partial charge in [-0.1, -0.05) is 23.7 Å². The SMILES string of the molecule is O=CCNCc1ccc(Cl)cc1. The summed E-state index contributed by atoms with van der Waals surface area (Å²) < 4.78 is 0. The highest BCUT2D eigenvalue weighted by molar-refractivity contribution is 6.30. The van der Waals surface area contributed by atoms with Gasteiger partial charge < -0.3 is 10.1 Å². The highest BCUT2D eigenvalue weighted by atomic mass is 35.5. The summed E-state index contributed by atoms with van der Waals surface area (Å²) in [4.78, 5) is 9.97. The van der Waals surface area contributed by atoms with Crippen molar-refractivity contribution in [3.05, 3.63) is 34.9 Å². The summed E-state index contributed by atoms with van der Waals surface area (Å²) in [6.45, 7) is 1.10. The summed E-state index contributed by atoms with van der Waals surface area (Å²) in [5.74, 6) is 0. The minimum atomic E-state index is 0.391. The highest BCUT2D eigenvalue weighted by Gasteiger charge is 1.91. The average molecular weight is 184 g/mol. The molecule has 1 N–H and O–H groups in total. The number of halogens is 1. The molecule has 0 saturated carbocycles. The van der Waals surface area contributed by atoms with Crippen LogP contribution in [-0.4, -0.2) is 12.8 Å². The molecule has 0 aliphatic carbocycles. The molecule has 0 aromatic heterocycles. The van der Waals surface area contributed by atoms with Crippen molar-refractivity contribution in [2.24, 2.45) is 0 Å². The molecule has 3 heteroatoms. The smallest absolute Gasteiger partial charge is 0.133 e. The molecule has 64 valence electrons. The van der Waals surface area contributed by atoms with E-state index in [2.05, 4.69) is 5.32 Å². The first-order chi connectivity index (χ1) is 5.83. The third-order valence-electron chi connectivity index (χ3n) is 1.47. The topological polar surface area (TPSA) is 29.1 Å². The molecular weight excluding hydrogens is 174 g/mol. The molecule has 0 unspecified atom stereocenters. The first kappa shape index (κ1) is 9.23. The first-order valence-electron chi connectivity index (χ1n) is 3.71. The van der Waals surface area contributed by atoms with Crippen LogP contribution in [0.15, 0.2) is 24.3 Å². The van der Waals surface area contributed by atoms with E-state index in [4.69, 9.17) is 11.6 Å². The van der Waals surface area contributed by atoms with Crippen molar-refractivity contribution in [1.82, 2.24) is 5.32 Å². The normalized spacial score (nSPS) is 9.75. The minimum Gasteiger partial charge on any atom is -0.306 e. The van der Waals surface area contributed by atoms with Gasteiger partial charge in [0, 0.05) is 11.6 Å². The molecule has 0 atom stereocenters. The molecule has 2 nitrogen and oxygen atoms in total. The van der Waals surface area contributed by atoms with Gasteiger partial charge in [0.2, 0.25) is 0 Å². The average Bonchev–Trinajstić information content (AvgIpc) is 2.09. The standard InChI is InChI=1S/C9H10ClNO/c10-9-3-1-8(2-4-9)7-11-5-6-12/h1-4,6,11H,5,7H2. The van der Waals surface area contributed by atoms with Crippen molar-refractivity contribution in [3.8, 4) is 0 Å². The predicted molar refractivity (Wildman–Crippen MR) is 49.2 cm³/mol. The van der Waals surface area contributed by atoms with Gasteiger partial charge in [-0.05, 0) is 17.7 Å². The fourth-order valence-corrected chi connectivity index (χ4v) is 1.00. The molecule has 0 heterocycles. The fourth-order valence-electron chi connectivity index (χ4n) is 0.878.